The van der Waals surface area contributed by atoms with Crippen LogP contribution in [0.4, 0.5) is 5.69 Å². The van der Waals surface area contributed by atoms with Gasteiger partial charge in [-0.1, -0.05) is 13.0 Å². The van der Waals surface area contributed by atoms with Gasteiger partial charge in [-0.05, 0) is 57.2 Å². The summed E-state index contributed by atoms with van der Waals surface area (Å²) in [6.07, 6.45) is 0.646. The Kier molecular flexibility index (Phi) is 5.62. The third kappa shape index (κ3) is 4.19. The van der Waals surface area contributed by atoms with Crippen molar-refractivity contribution in [3.05, 3.63) is 29.3 Å². The van der Waals surface area contributed by atoms with Crippen molar-refractivity contribution in [1.82, 2.24) is 10.2 Å². The van der Waals surface area contributed by atoms with E-state index < -0.39 is 0 Å². The summed E-state index contributed by atoms with van der Waals surface area (Å²) in [5, 5.41) is 13.4. The summed E-state index contributed by atoms with van der Waals surface area (Å²) in [6.45, 7) is 7.93. The maximum absolute atomic E-state index is 10.0. The van der Waals surface area contributed by atoms with Crippen molar-refractivity contribution in [2.45, 2.75) is 39.0 Å². The molecule has 0 aromatic heterocycles. The van der Waals surface area contributed by atoms with Crippen molar-refractivity contribution >= 4 is 5.69 Å². The van der Waals surface area contributed by atoms with Crippen LogP contribution in [0.1, 0.15) is 24.5 Å². The average Bonchev–Trinajstić information content (AvgIpc) is 2.77. The molecule has 0 radical (unpaired) electrons. The van der Waals surface area contributed by atoms with E-state index in [4.69, 9.17) is 0 Å². The first-order chi connectivity index (χ1) is 10.0. The van der Waals surface area contributed by atoms with Crippen molar-refractivity contribution in [2.24, 2.45) is 0 Å². The molecule has 1 fully saturated rings. The first-order valence-electron chi connectivity index (χ1n) is 7.91. The molecule has 2 unspecified atom stereocenters. The van der Waals surface area contributed by atoms with Crippen molar-refractivity contribution in [3.8, 4) is 0 Å². The zero-order chi connectivity index (χ0) is 15.4. The summed E-state index contributed by atoms with van der Waals surface area (Å²) < 4.78 is 0. The highest BCUT2D eigenvalue weighted by atomic mass is 16.3. The van der Waals surface area contributed by atoms with E-state index in [9.17, 15) is 5.11 Å². The largest absolute Gasteiger partial charge is 0.391 e. The molecule has 2 rings (SSSR count). The number of hydrogen-bond donors (Lipinski definition) is 2. The Morgan fingerprint density at radius 1 is 1.38 bits per heavy atom. The minimum atomic E-state index is -0.211. The number of β-amino-alcohol motifs (C(OH)–C–C–N with tert-alkyl or cyclic N) is 1. The van der Waals surface area contributed by atoms with E-state index in [0.29, 0.717) is 6.04 Å². The zero-order valence-corrected chi connectivity index (χ0v) is 13.8. The van der Waals surface area contributed by atoms with E-state index in [1.54, 1.807) is 0 Å². The van der Waals surface area contributed by atoms with Gasteiger partial charge in [-0.15, -0.1) is 0 Å². The second-order valence-corrected chi connectivity index (χ2v) is 6.35. The van der Waals surface area contributed by atoms with Gasteiger partial charge in [0.2, 0.25) is 0 Å². The number of benzene rings is 1. The molecule has 0 spiro atoms. The van der Waals surface area contributed by atoms with Gasteiger partial charge in [-0.3, -0.25) is 0 Å². The van der Waals surface area contributed by atoms with Crippen LogP contribution in [-0.4, -0.2) is 55.9 Å². The summed E-state index contributed by atoms with van der Waals surface area (Å²) in [5.74, 6) is 0. The maximum atomic E-state index is 10.0. The van der Waals surface area contributed by atoms with Gasteiger partial charge in [-0.2, -0.15) is 0 Å². The Morgan fingerprint density at radius 3 is 2.76 bits per heavy atom. The molecule has 0 amide bonds. The second kappa shape index (κ2) is 7.25. The molecule has 1 aromatic carbocycles. The number of nitrogens with one attached hydrogen (secondary N) is 1. The van der Waals surface area contributed by atoms with Crippen LogP contribution in [0.15, 0.2) is 18.2 Å². The van der Waals surface area contributed by atoms with Gasteiger partial charge < -0.3 is 20.2 Å². The van der Waals surface area contributed by atoms with Crippen molar-refractivity contribution in [2.75, 3.05) is 38.6 Å². The van der Waals surface area contributed by atoms with Crippen LogP contribution >= 0.6 is 0 Å². The van der Waals surface area contributed by atoms with E-state index in [1.165, 1.54) is 16.8 Å². The maximum Gasteiger partial charge on any atom is 0.0735 e. The van der Waals surface area contributed by atoms with E-state index >= 15 is 0 Å². The molecule has 2 N–H and O–H groups in total. The van der Waals surface area contributed by atoms with Gasteiger partial charge in [0.05, 0.1) is 6.10 Å². The molecule has 21 heavy (non-hydrogen) atoms. The fourth-order valence-electron chi connectivity index (χ4n) is 3.12. The van der Waals surface area contributed by atoms with Crippen LogP contribution in [0.25, 0.3) is 0 Å². The monoisotopic (exact) mass is 291 g/mol. The lowest BCUT2D eigenvalue weighted by atomic mass is 10.1. The molecule has 1 heterocycles. The lowest BCUT2D eigenvalue weighted by molar-refractivity contribution is 0.191. The van der Waals surface area contributed by atoms with Crippen molar-refractivity contribution in [3.63, 3.8) is 0 Å². The number of anilines is 1. The summed E-state index contributed by atoms with van der Waals surface area (Å²) in [7, 11) is 4.18. The second-order valence-electron chi connectivity index (χ2n) is 6.35. The van der Waals surface area contributed by atoms with E-state index in [0.717, 1.165) is 32.6 Å². The standard InChI is InChI=1S/C17H29N3O/c1-5-18-10-14-6-7-15(8-13(14)2)20-12-17(21)9-16(20)11-19(3)4/h6-8,16-18,21H,5,9-12H2,1-4H3. The number of likely N-dealkylation sites (N-methyl/N-ethyl adjacent to an activating group) is 1. The van der Waals surface area contributed by atoms with Gasteiger partial charge in [0.1, 0.15) is 0 Å². The van der Waals surface area contributed by atoms with Crippen LogP contribution in [0.5, 0.6) is 0 Å². The van der Waals surface area contributed by atoms with Crippen molar-refractivity contribution < 1.29 is 5.11 Å². The van der Waals surface area contributed by atoms with Crippen LogP contribution < -0.4 is 10.2 Å². The molecule has 4 nitrogen and oxygen atoms in total. The van der Waals surface area contributed by atoms with E-state index in [2.05, 4.69) is 61.3 Å². The van der Waals surface area contributed by atoms with Gasteiger partial charge >= 0.3 is 0 Å². The smallest absolute Gasteiger partial charge is 0.0735 e. The Morgan fingerprint density at radius 2 is 2.14 bits per heavy atom. The molecule has 118 valence electrons. The minimum absolute atomic E-state index is 0.211. The van der Waals surface area contributed by atoms with E-state index in [-0.39, 0.29) is 6.10 Å². The Balaban J connectivity index is 2.14. The Bertz CT molecular complexity index is 461. The number of nitrogens with zero attached hydrogens (tertiary/aromatic N) is 2. The number of rotatable bonds is 6. The summed E-state index contributed by atoms with van der Waals surface area (Å²) in [4.78, 5) is 4.55. The predicted octanol–water partition coefficient (Wildman–Crippen LogP) is 1.61. The third-order valence-corrected chi connectivity index (χ3v) is 4.19. The molecule has 4 heteroatoms. The fourth-order valence-corrected chi connectivity index (χ4v) is 3.12. The fraction of sp³-hybridized carbons (Fsp3) is 0.647. The molecular formula is C17H29N3O. The highest BCUT2D eigenvalue weighted by Crippen LogP contribution is 2.28. The van der Waals surface area contributed by atoms with Gasteiger partial charge in [0.15, 0.2) is 0 Å². The SMILES string of the molecule is CCNCc1ccc(N2CC(O)CC2CN(C)C)cc1C. The first-order valence-corrected chi connectivity index (χ1v) is 7.91. The molecule has 1 aliphatic rings. The van der Waals surface area contributed by atoms with E-state index in [1.807, 2.05) is 0 Å². The van der Waals surface area contributed by atoms with Gasteiger partial charge in [0, 0.05) is 31.4 Å². The van der Waals surface area contributed by atoms with Crippen LogP contribution in [0.3, 0.4) is 0 Å². The molecule has 1 saturated heterocycles. The summed E-state index contributed by atoms with van der Waals surface area (Å²) in [5.41, 5.74) is 3.90. The van der Waals surface area contributed by atoms with Gasteiger partial charge in [0.25, 0.3) is 0 Å². The number of hydrogen-bond acceptors (Lipinski definition) is 4. The predicted molar refractivity (Wildman–Crippen MR) is 88.9 cm³/mol. The molecule has 1 aromatic rings. The zero-order valence-electron chi connectivity index (χ0n) is 13.8. The minimum Gasteiger partial charge on any atom is -0.391 e. The van der Waals surface area contributed by atoms with Crippen LogP contribution in [0.2, 0.25) is 0 Å². The van der Waals surface area contributed by atoms with Crippen LogP contribution in [-0.2, 0) is 6.54 Å². The van der Waals surface area contributed by atoms with Crippen LogP contribution in [0, 0.1) is 6.92 Å². The lowest BCUT2D eigenvalue weighted by Crippen LogP contribution is -2.37. The molecule has 0 bridgehead atoms. The first kappa shape index (κ1) is 16.3. The number of aliphatic hydroxyl groups is 1. The Hall–Kier alpha value is -1.10. The number of aryl methyl sites for hydroxylation is 1. The lowest BCUT2D eigenvalue weighted by Gasteiger charge is -2.29. The summed E-state index contributed by atoms with van der Waals surface area (Å²) >= 11 is 0. The Labute approximate surface area is 128 Å². The topological polar surface area (TPSA) is 38.7 Å². The quantitative estimate of drug-likeness (QED) is 0.835. The van der Waals surface area contributed by atoms with Gasteiger partial charge in [-0.25, -0.2) is 0 Å². The molecule has 1 aliphatic heterocycles. The molecular weight excluding hydrogens is 262 g/mol. The molecule has 2 atom stereocenters. The normalized spacial score (nSPS) is 22.3. The average molecular weight is 291 g/mol. The third-order valence-electron chi connectivity index (χ3n) is 4.19. The number of aliphatic hydroxyl groups excluding tert-OH is 1. The molecule has 0 aliphatic carbocycles. The molecule has 0 saturated carbocycles. The van der Waals surface area contributed by atoms with Crippen molar-refractivity contribution in [1.29, 1.82) is 0 Å². The highest BCUT2D eigenvalue weighted by molar-refractivity contribution is 5.53. The highest BCUT2D eigenvalue weighted by Gasteiger charge is 2.31. The summed E-state index contributed by atoms with van der Waals surface area (Å²) in [6, 6.07) is 7.06.